The molecule has 0 bridgehead atoms. The Kier molecular flexibility index (Phi) is 5.90. The zero-order valence-corrected chi connectivity index (χ0v) is 17.6. The van der Waals surface area contributed by atoms with Crippen LogP contribution in [0.25, 0.3) is 0 Å². The number of hydrogen-bond acceptors (Lipinski definition) is 5. The first kappa shape index (κ1) is 20.6. The van der Waals surface area contributed by atoms with Crippen molar-refractivity contribution in [1.29, 1.82) is 0 Å². The van der Waals surface area contributed by atoms with Gasteiger partial charge in [0.15, 0.2) is 0 Å². The van der Waals surface area contributed by atoms with Crippen molar-refractivity contribution in [3.63, 3.8) is 0 Å². The maximum atomic E-state index is 12.7. The average molecular weight is 383 g/mol. The van der Waals surface area contributed by atoms with Crippen LogP contribution in [0.1, 0.15) is 59.4 Å². The van der Waals surface area contributed by atoms with Crippen LogP contribution in [-0.4, -0.2) is 52.3 Å². The van der Waals surface area contributed by atoms with E-state index in [1.165, 1.54) is 0 Å². The number of piperazine rings is 1. The molecule has 2 rings (SSSR count). The molecular formula is C19H30N2O4S. The summed E-state index contributed by atoms with van der Waals surface area (Å²) in [5.74, 6) is 0. The lowest BCUT2D eigenvalue weighted by molar-refractivity contribution is -0.0278. The second-order valence-electron chi connectivity index (χ2n) is 8.65. The molecule has 2 heterocycles. The molecular weight excluding hydrogens is 352 g/mol. The van der Waals surface area contributed by atoms with Crippen LogP contribution >= 0.6 is 11.3 Å². The van der Waals surface area contributed by atoms with Crippen molar-refractivity contribution in [2.75, 3.05) is 13.1 Å². The molecule has 0 aliphatic carbocycles. The molecule has 26 heavy (non-hydrogen) atoms. The van der Waals surface area contributed by atoms with Gasteiger partial charge in [0.1, 0.15) is 11.2 Å². The second-order valence-corrected chi connectivity index (χ2v) is 9.62. The molecule has 1 fully saturated rings. The molecule has 0 saturated carbocycles. The van der Waals surface area contributed by atoms with Gasteiger partial charge in [-0.25, -0.2) is 9.59 Å². The van der Waals surface area contributed by atoms with E-state index in [0.29, 0.717) is 13.1 Å². The molecule has 1 aromatic rings. The molecule has 0 radical (unpaired) electrons. The standard InChI is InChI=1S/C19H30N2O4S/c1-13-11-21(17(23)25-19(5,6)7)14(15-9-8-10-26-15)12-20(13)16(22)24-18(2,3)4/h8-10,13-14H,11-12H2,1-7H3. The third kappa shape index (κ3) is 5.37. The Morgan fingerprint density at radius 2 is 1.54 bits per heavy atom. The summed E-state index contributed by atoms with van der Waals surface area (Å²) < 4.78 is 11.1. The number of rotatable bonds is 1. The highest BCUT2D eigenvalue weighted by molar-refractivity contribution is 7.10. The number of nitrogens with zero attached hydrogens (tertiary/aromatic N) is 2. The minimum Gasteiger partial charge on any atom is -0.444 e. The predicted molar refractivity (Wildman–Crippen MR) is 102 cm³/mol. The van der Waals surface area contributed by atoms with E-state index in [4.69, 9.17) is 9.47 Å². The van der Waals surface area contributed by atoms with Crippen LogP contribution < -0.4 is 0 Å². The number of hydrogen-bond donors (Lipinski definition) is 0. The Bertz CT molecular complexity index is 631. The number of carbonyl (C=O) groups excluding carboxylic acids is 2. The molecule has 2 unspecified atom stereocenters. The van der Waals surface area contributed by atoms with Gasteiger partial charge >= 0.3 is 12.2 Å². The summed E-state index contributed by atoms with van der Waals surface area (Å²) >= 11 is 1.57. The third-order valence-electron chi connectivity index (χ3n) is 3.87. The molecule has 0 aromatic carbocycles. The lowest BCUT2D eigenvalue weighted by Crippen LogP contribution is -2.58. The number of ether oxygens (including phenoxy) is 2. The molecule has 1 aliphatic heterocycles. The molecule has 2 atom stereocenters. The van der Waals surface area contributed by atoms with Crippen molar-refractivity contribution in [1.82, 2.24) is 9.80 Å². The van der Waals surface area contributed by atoms with E-state index in [1.54, 1.807) is 21.1 Å². The van der Waals surface area contributed by atoms with Crippen molar-refractivity contribution in [3.05, 3.63) is 22.4 Å². The van der Waals surface area contributed by atoms with Crippen molar-refractivity contribution < 1.29 is 19.1 Å². The summed E-state index contributed by atoms with van der Waals surface area (Å²) in [7, 11) is 0. The van der Waals surface area contributed by atoms with E-state index in [-0.39, 0.29) is 24.3 Å². The van der Waals surface area contributed by atoms with Gasteiger partial charge in [-0.3, -0.25) is 4.90 Å². The van der Waals surface area contributed by atoms with Crippen LogP contribution in [0, 0.1) is 0 Å². The normalized spacial score (nSPS) is 21.5. The Morgan fingerprint density at radius 1 is 1.00 bits per heavy atom. The molecule has 1 saturated heterocycles. The molecule has 1 aliphatic rings. The monoisotopic (exact) mass is 382 g/mol. The lowest BCUT2D eigenvalue weighted by Gasteiger charge is -2.45. The van der Waals surface area contributed by atoms with Gasteiger partial charge < -0.3 is 14.4 Å². The number of carbonyl (C=O) groups is 2. The second kappa shape index (κ2) is 7.47. The molecule has 7 heteroatoms. The fourth-order valence-electron chi connectivity index (χ4n) is 2.80. The van der Waals surface area contributed by atoms with Crippen LogP contribution in [0.5, 0.6) is 0 Å². The van der Waals surface area contributed by atoms with Crippen LogP contribution in [0.2, 0.25) is 0 Å². The summed E-state index contributed by atoms with van der Waals surface area (Å²) in [5.41, 5.74) is -1.12. The number of thiophene rings is 1. The maximum Gasteiger partial charge on any atom is 0.410 e. The minimum absolute atomic E-state index is 0.159. The van der Waals surface area contributed by atoms with E-state index >= 15 is 0 Å². The molecule has 1 aromatic heterocycles. The first-order valence-electron chi connectivity index (χ1n) is 8.90. The highest BCUT2D eigenvalue weighted by Gasteiger charge is 2.40. The van der Waals surface area contributed by atoms with Gasteiger partial charge in [-0.05, 0) is 59.9 Å². The zero-order valence-electron chi connectivity index (χ0n) is 16.7. The maximum absolute atomic E-state index is 12.7. The quantitative estimate of drug-likeness (QED) is 0.708. The van der Waals surface area contributed by atoms with Crippen molar-refractivity contribution in [3.8, 4) is 0 Å². The van der Waals surface area contributed by atoms with E-state index < -0.39 is 11.2 Å². The highest BCUT2D eigenvalue weighted by atomic mass is 32.1. The Morgan fingerprint density at radius 3 is 2.00 bits per heavy atom. The smallest absolute Gasteiger partial charge is 0.410 e. The lowest BCUT2D eigenvalue weighted by atomic mass is 10.1. The van der Waals surface area contributed by atoms with Crippen molar-refractivity contribution >= 4 is 23.5 Å². The van der Waals surface area contributed by atoms with Crippen LogP contribution in [0.4, 0.5) is 9.59 Å². The summed E-state index contributed by atoms with van der Waals surface area (Å²) in [6.07, 6.45) is -0.706. The van der Waals surface area contributed by atoms with Gasteiger partial charge in [-0.15, -0.1) is 11.3 Å². The largest absolute Gasteiger partial charge is 0.444 e. The van der Waals surface area contributed by atoms with Crippen molar-refractivity contribution in [2.45, 2.75) is 71.8 Å². The topological polar surface area (TPSA) is 59.1 Å². The molecule has 0 N–H and O–H groups in total. The van der Waals surface area contributed by atoms with Gasteiger partial charge in [0.05, 0.1) is 12.1 Å². The highest BCUT2D eigenvalue weighted by Crippen LogP contribution is 2.32. The number of amides is 2. The molecule has 0 spiro atoms. The van der Waals surface area contributed by atoms with E-state index in [9.17, 15) is 9.59 Å². The van der Waals surface area contributed by atoms with E-state index in [1.807, 2.05) is 66.0 Å². The van der Waals surface area contributed by atoms with Gasteiger partial charge in [0.25, 0.3) is 0 Å². The molecule has 6 nitrogen and oxygen atoms in total. The molecule has 2 amide bonds. The summed E-state index contributed by atoms with van der Waals surface area (Å²) in [6.45, 7) is 13.8. The summed E-state index contributed by atoms with van der Waals surface area (Å²) in [6, 6.07) is 3.53. The molecule has 146 valence electrons. The van der Waals surface area contributed by atoms with Gasteiger partial charge in [0, 0.05) is 18.0 Å². The third-order valence-corrected chi connectivity index (χ3v) is 4.84. The van der Waals surface area contributed by atoms with E-state index in [2.05, 4.69) is 0 Å². The minimum atomic E-state index is -0.567. The van der Waals surface area contributed by atoms with E-state index in [0.717, 1.165) is 4.88 Å². The van der Waals surface area contributed by atoms with Crippen LogP contribution in [0.3, 0.4) is 0 Å². The van der Waals surface area contributed by atoms with Crippen LogP contribution in [-0.2, 0) is 9.47 Å². The SMILES string of the molecule is CC1CN(C(=O)OC(C)(C)C)C(c2cccs2)CN1C(=O)OC(C)(C)C. The Labute approximate surface area is 160 Å². The first-order valence-corrected chi connectivity index (χ1v) is 9.78. The van der Waals surface area contributed by atoms with Gasteiger partial charge in [0.2, 0.25) is 0 Å². The van der Waals surface area contributed by atoms with Crippen molar-refractivity contribution in [2.24, 2.45) is 0 Å². The summed E-state index contributed by atoms with van der Waals surface area (Å²) in [4.78, 5) is 29.8. The zero-order chi connectivity index (χ0) is 19.7. The average Bonchev–Trinajstić information content (AvgIpc) is 2.97. The van der Waals surface area contributed by atoms with Gasteiger partial charge in [-0.1, -0.05) is 6.07 Å². The van der Waals surface area contributed by atoms with Crippen LogP contribution in [0.15, 0.2) is 17.5 Å². The Hall–Kier alpha value is -1.76. The Balaban J connectivity index is 2.24. The fourth-order valence-corrected chi connectivity index (χ4v) is 3.63. The van der Waals surface area contributed by atoms with Gasteiger partial charge in [-0.2, -0.15) is 0 Å². The first-order chi connectivity index (χ1) is 11.9. The predicted octanol–water partition coefficient (Wildman–Crippen LogP) is 4.67. The summed E-state index contributed by atoms with van der Waals surface area (Å²) in [5, 5.41) is 1.97. The fraction of sp³-hybridized carbons (Fsp3) is 0.684.